The highest BCUT2D eigenvalue weighted by Gasteiger charge is 2.35. The Morgan fingerprint density at radius 3 is 2.03 bits per heavy atom. The fourth-order valence-corrected chi connectivity index (χ4v) is 5.05. The van der Waals surface area contributed by atoms with Crippen molar-refractivity contribution < 1.29 is 26.4 Å². The van der Waals surface area contributed by atoms with Crippen LogP contribution in [-0.2, 0) is 16.0 Å². The van der Waals surface area contributed by atoms with Gasteiger partial charge in [0, 0.05) is 11.9 Å². The van der Waals surface area contributed by atoms with E-state index in [1.54, 1.807) is 0 Å². The normalized spacial score (nSPS) is 12.2. The van der Waals surface area contributed by atoms with Crippen molar-refractivity contribution in [3.63, 3.8) is 0 Å². The van der Waals surface area contributed by atoms with Gasteiger partial charge in [-0.05, 0) is 36.4 Å². The molecule has 0 bridgehead atoms. The van der Waals surface area contributed by atoms with Crippen LogP contribution >= 0.6 is 34.8 Å². The molecule has 164 valence electrons. The molecule has 0 atom stereocenters. The third-order valence-electron chi connectivity index (χ3n) is 4.16. The molecule has 1 aromatic heterocycles. The van der Waals surface area contributed by atoms with Gasteiger partial charge in [-0.3, -0.25) is 4.79 Å². The Hall–Kier alpha value is -2.27. The van der Waals surface area contributed by atoms with Gasteiger partial charge >= 0.3 is 6.18 Å². The summed E-state index contributed by atoms with van der Waals surface area (Å²) in [6.07, 6.45) is -4.73. The number of ketones is 1. The summed E-state index contributed by atoms with van der Waals surface area (Å²) < 4.78 is 66.1. The minimum Gasteiger partial charge on any atom is -0.382 e. The first kappa shape index (κ1) is 23.4. The zero-order valence-corrected chi connectivity index (χ0v) is 18.4. The zero-order chi connectivity index (χ0) is 23.3. The van der Waals surface area contributed by atoms with Crippen molar-refractivity contribution in [2.45, 2.75) is 22.9 Å². The second kappa shape index (κ2) is 8.01. The Labute approximate surface area is 189 Å². The number of Topliss-reactive ketones (excluding diaryl/α,β-unsaturated/α-hetero) is 1. The van der Waals surface area contributed by atoms with Crippen LogP contribution in [0.1, 0.15) is 23.0 Å². The van der Waals surface area contributed by atoms with Crippen LogP contribution in [0.4, 0.5) is 19.0 Å². The summed E-state index contributed by atoms with van der Waals surface area (Å²) in [6, 6.07) is 6.24. The van der Waals surface area contributed by atoms with E-state index in [0.717, 1.165) is 11.6 Å². The second-order valence-electron chi connectivity index (χ2n) is 6.27. The zero-order valence-electron chi connectivity index (χ0n) is 15.3. The maximum absolute atomic E-state index is 13.1. The fraction of sp³-hybridized carbons (Fsp3) is 0.111. The van der Waals surface area contributed by atoms with Crippen LogP contribution in [-0.4, -0.2) is 24.0 Å². The number of alkyl halides is 3. The quantitative estimate of drug-likeness (QED) is 0.468. The lowest BCUT2D eigenvalue weighted by Crippen LogP contribution is -2.10. The van der Waals surface area contributed by atoms with Crippen molar-refractivity contribution in [3.8, 4) is 5.69 Å². The Kier molecular flexibility index (Phi) is 6.05. The van der Waals surface area contributed by atoms with E-state index in [1.807, 2.05) is 0 Å². The average molecular weight is 513 g/mol. The first-order chi connectivity index (χ1) is 14.2. The lowest BCUT2D eigenvalue weighted by Gasteiger charge is -2.13. The molecule has 13 heteroatoms. The number of sulfone groups is 1. The summed E-state index contributed by atoms with van der Waals surface area (Å²) in [5.74, 6) is -1.30. The summed E-state index contributed by atoms with van der Waals surface area (Å²) in [4.78, 5) is 11.3. The Bertz CT molecular complexity index is 1280. The number of carbonyl (C=O) groups is 1. The molecule has 31 heavy (non-hydrogen) atoms. The number of anilines is 1. The van der Waals surface area contributed by atoms with Gasteiger partial charge in [-0.1, -0.05) is 34.8 Å². The van der Waals surface area contributed by atoms with E-state index in [9.17, 15) is 26.4 Å². The number of carbonyl (C=O) groups excluding carboxylic acids is 1. The van der Waals surface area contributed by atoms with Crippen molar-refractivity contribution in [2.75, 3.05) is 5.73 Å². The first-order valence-corrected chi connectivity index (χ1v) is 10.8. The van der Waals surface area contributed by atoms with Gasteiger partial charge in [-0.2, -0.15) is 18.3 Å². The molecule has 0 aliphatic heterocycles. The van der Waals surface area contributed by atoms with Crippen molar-refractivity contribution >= 4 is 56.2 Å². The number of nitrogens with two attached hydrogens (primary N) is 1. The monoisotopic (exact) mass is 511 g/mol. The van der Waals surface area contributed by atoms with Crippen LogP contribution in [0.25, 0.3) is 5.69 Å². The maximum Gasteiger partial charge on any atom is 0.416 e. The number of hydrogen-bond donors (Lipinski definition) is 1. The molecular formula is C18H11Cl3F3N3O3S. The number of rotatable bonds is 4. The van der Waals surface area contributed by atoms with E-state index < -0.39 is 53.8 Å². The Balaban J connectivity index is 2.30. The van der Waals surface area contributed by atoms with E-state index in [1.165, 1.54) is 24.3 Å². The van der Waals surface area contributed by atoms with Gasteiger partial charge in [0.15, 0.2) is 5.78 Å². The molecule has 0 saturated carbocycles. The molecule has 0 saturated heterocycles. The van der Waals surface area contributed by atoms with Gasteiger partial charge in [0.05, 0.1) is 20.5 Å². The fourth-order valence-electron chi connectivity index (χ4n) is 2.75. The SMILES string of the molecule is CC(=O)c1nn(-c2c(Cl)cc(C(F)(F)F)cc2Cl)c(N)c1S(=O)(=O)c1ccc(Cl)cc1. The molecule has 0 fully saturated rings. The predicted molar refractivity (Wildman–Crippen MR) is 110 cm³/mol. The summed E-state index contributed by atoms with van der Waals surface area (Å²) in [5, 5.41) is 3.16. The van der Waals surface area contributed by atoms with Gasteiger partial charge in [0.25, 0.3) is 0 Å². The van der Waals surface area contributed by atoms with Crippen LogP contribution in [0.5, 0.6) is 0 Å². The van der Waals surface area contributed by atoms with Crippen LogP contribution in [0.15, 0.2) is 46.2 Å². The molecule has 0 amide bonds. The van der Waals surface area contributed by atoms with E-state index >= 15 is 0 Å². The highest BCUT2D eigenvalue weighted by Crippen LogP contribution is 2.40. The van der Waals surface area contributed by atoms with E-state index in [4.69, 9.17) is 40.5 Å². The first-order valence-electron chi connectivity index (χ1n) is 8.22. The van der Waals surface area contributed by atoms with E-state index in [0.29, 0.717) is 12.1 Å². The number of nitrogens with zero attached hydrogens (tertiary/aromatic N) is 2. The highest BCUT2D eigenvalue weighted by molar-refractivity contribution is 7.91. The smallest absolute Gasteiger partial charge is 0.382 e. The minimum atomic E-state index is -4.73. The topological polar surface area (TPSA) is 95.0 Å². The third-order valence-corrected chi connectivity index (χ3v) is 6.82. The number of aromatic nitrogens is 2. The van der Waals surface area contributed by atoms with Gasteiger partial charge in [0.2, 0.25) is 9.84 Å². The second-order valence-corrected chi connectivity index (χ2v) is 9.41. The molecule has 0 aliphatic rings. The predicted octanol–water partition coefficient (Wildman–Crippen LogP) is 5.47. The van der Waals surface area contributed by atoms with Gasteiger partial charge < -0.3 is 5.73 Å². The summed E-state index contributed by atoms with van der Waals surface area (Å²) in [6.45, 7) is 1.06. The Morgan fingerprint density at radius 2 is 1.58 bits per heavy atom. The van der Waals surface area contributed by atoms with Gasteiger partial charge in [-0.25, -0.2) is 13.1 Å². The van der Waals surface area contributed by atoms with Crippen LogP contribution in [0.3, 0.4) is 0 Å². The molecule has 0 unspecified atom stereocenters. The standard InChI is InChI=1S/C18H11Cl3F3N3O3S/c1-8(28)14-16(31(29,30)11-4-2-10(19)3-5-11)17(25)27(26-14)15-12(20)6-9(7-13(15)21)18(22,23)24/h2-7H,25H2,1H3. The maximum atomic E-state index is 13.1. The number of nitrogen functional groups attached to an aromatic ring is 1. The van der Waals surface area contributed by atoms with E-state index in [-0.39, 0.29) is 15.6 Å². The molecule has 3 aromatic rings. The molecule has 2 aromatic carbocycles. The molecule has 0 spiro atoms. The highest BCUT2D eigenvalue weighted by atomic mass is 35.5. The van der Waals surface area contributed by atoms with Crippen LogP contribution in [0, 0.1) is 0 Å². The summed E-state index contributed by atoms with van der Waals surface area (Å²) >= 11 is 17.8. The van der Waals surface area contributed by atoms with E-state index in [2.05, 4.69) is 5.10 Å². The van der Waals surface area contributed by atoms with Crippen molar-refractivity contribution in [3.05, 3.63) is 62.7 Å². The molecule has 1 heterocycles. The number of benzene rings is 2. The van der Waals surface area contributed by atoms with Crippen molar-refractivity contribution in [1.29, 1.82) is 0 Å². The molecule has 2 N–H and O–H groups in total. The van der Waals surface area contributed by atoms with Crippen molar-refractivity contribution in [1.82, 2.24) is 9.78 Å². The lowest BCUT2D eigenvalue weighted by molar-refractivity contribution is -0.137. The van der Waals surface area contributed by atoms with Gasteiger partial charge in [0.1, 0.15) is 22.1 Å². The van der Waals surface area contributed by atoms with Crippen LogP contribution in [0.2, 0.25) is 15.1 Å². The largest absolute Gasteiger partial charge is 0.416 e. The minimum absolute atomic E-state index is 0.227. The number of halogens is 6. The average Bonchev–Trinajstić information content (AvgIpc) is 2.99. The summed E-state index contributed by atoms with van der Waals surface area (Å²) in [5.41, 5.74) is 4.03. The van der Waals surface area contributed by atoms with Gasteiger partial charge in [-0.15, -0.1) is 0 Å². The third kappa shape index (κ3) is 4.25. The van der Waals surface area contributed by atoms with Crippen molar-refractivity contribution in [2.24, 2.45) is 0 Å². The Morgan fingerprint density at radius 1 is 1.06 bits per heavy atom. The van der Waals surface area contributed by atoms with Crippen LogP contribution < -0.4 is 5.73 Å². The molecule has 0 aliphatic carbocycles. The molecule has 6 nitrogen and oxygen atoms in total. The lowest BCUT2D eigenvalue weighted by atomic mass is 10.2. The summed E-state index contributed by atoms with van der Waals surface area (Å²) in [7, 11) is -4.36. The molecule has 3 rings (SSSR count). The molecular weight excluding hydrogens is 502 g/mol. The number of hydrogen-bond acceptors (Lipinski definition) is 5. The molecule has 0 radical (unpaired) electrons.